The summed E-state index contributed by atoms with van der Waals surface area (Å²) in [5, 5.41) is 0. The minimum absolute atomic E-state index is 0.563. The van der Waals surface area contributed by atoms with E-state index in [0.717, 1.165) is 0 Å². The van der Waals surface area contributed by atoms with Crippen LogP contribution in [0.25, 0.3) is 0 Å². The molecule has 0 spiro atoms. The second-order valence-electron chi connectivity index (χ2n) is 2.00. The summed E-state index contributed by atoms with van der Waals surface area (Å²) >= 11 is -3.28. The van der Waals surface area contributed by atoms with Gasteiger partial charge in [0.05, 0.1) is 0 Å². The first-order chi connectivity index (χ1) is 5.74. The first-order valence-electron chi connectivity index (χ1n) is 4.21. The Morgan fingerprint density at radius 2 is 1.17 bits per heavy atom. The SMILES string of the molecule is CC[O][Ge]([O]C)([O]CC)[O]CC. The van der Waals surface area contributed by atoms with Crippen molar-refractivity contribution in [2.45, 2.75) is 20.8 Å². The third-order valence-electron chi connectivity index (χ3n) is 1.21. The van der Waals surface area contributed by atoms with Gasteiger partial charge in [-0.05, 0) is 0 Å². The molecule has 0 aromatic carbocycles. The van der Waals surface area contributed by atoms with Gasteiger partial charge in [0.1, 0.15) is 0 Å². The Morgan fingerprint density at radius 1 is 0.833 bits per heavy atom. The summed E-state index contributed by atoms with van der Waals surface area (Å²) in [7, 11) is 1.57. The van der Waals surface area contributed by atoms with Gasteiger partial charge in [0.15, 0.2) is 0 Å². The fraction of sp³-hybridized carbons (Fsp3) is 1.00. The van der Waals surface area contributed by atoms with Gasteiger partial charge in [0.25, 0.3) is 0 Å². The van der Waals surface area contributed by atoms with Gasteiger partial charge in [-0.15, -0.1) is 0 Å². The van der Waals surface area contributed by atoms with Gasteiger partial charge in [-0.1, -0.05) is 0 Å². The number of hydrogen-bond acceptors (Lipinski definition) is 4. The van der Waals surface area contributed by atoms with Crippen LogP contribution in [-0.2, 0) is 15.1 Å². The molecule has 0 amide bonds. The summed E-state index contributed by atoms with van der Waals surface area (Å²) in [6, 6.07) is 0. The van der Waals surface area contributed by atoms with Crippen molar-refractivity contribution < 1.29 is 15.1 Å². The second kappa shape index (κ2) is 6.85. The fourth-order valence-electron chi connectivity index (χ4n) is 0.832. The molecule has 0 aliphatic rings. The summed E-state index contributed by atoms with van der Waals surface area (Å²) in [4.78, 5) is 0. The molecule has 0 fully saturated rings. The summed E-state index contributed by atoms with van der Waals surface area (Å²) in [6.07, 6.45) is 0. The van der Waals surface area contributed by atoms with E-state index in [2.05, 4.69) is 0 Å². The molecule has 12 heavy (non-hydrogen) atoms. The van der Waals surface area contributed by atoms with E-state index in [4.69, 9.17) is 15.1 Å². The summed E-state index contributed by atoms with van der Waals surface area (Å²) < 4.78 is 21.3. The average Bonchev–Trinajstić information content (AvgIpc) is 2.06. The molecule has 0 rings (SSSR count). The molecule has 0 aromatic rings. The predicted octanol–water partition coefficient (Wildman–Crippen LogP) is 1.18. The van der Waals surface area contributed by atoms with Gasteiger partial charge in [0, 0.05) is 0 Å². The van der Waals surface area contributed by atoms with Crippen LogP contribution in [0.4, 0.5) is 0 Å². The van der Waals surface area contributed by atoms with Crippen LogP contribution in [0.1, 0.15) is 20.8 Å². The Kier molecular flexibility index (Phi) is 7.07. The molecule has 0 bridgehead atoms. The molecule has 0 saturated heterocycles. The van der Waals surface area contributed by atoms with E-state index < -0.39 is 14.6 Å². The minimum atomic E-state index is -3.28. The van der Waals surface area contributed by atoms with Gasteiger partial charge in [-0.25, -0.2) is 0 Å². The summed E-state index contributed by atoms with van der Waals surface area (Å²) in [5.41, 5.74) is 0. The van der Waals surface area contributed by atoms with Crippen molar-refractivity contribution in [1.82, 2.24) is 0 Å². The molecule has 0 atom stereocenters. The van der Waals surface area contributed by atoms with E-state index in [0.29, 0.717) is 19.8 Å². The Bertz CT molecular complexity index is 92.6. The molecule has 0 heterocycles. The Balaban J connectivity index is 4.06. The van der Waals surface area contributed by atoms with Gasteiger partial charge < -0.3 is 0 Å². The Labute approximate surface area is 77.9 Å². The molecule has 0 aliphatic carbocycles. The molecule has 0 saturated carbocycles. The second-order valence-corrected chi connectivity index (χ2v) is 6.77. The van der Waals surface area contributed by atoms with Gasteiger partial charge in [-0.2, -0.15) is 0 Å². The molecule has 74 valence electrons. The molecule has 0 radical (unpaired) electrons. The monoisotopic (exact) mass is 240 g/mol. The normalized spacial score (nSPS) is 12.0. The molecular formula is C7H18GeO4. The van der Waals surface area contributed by atoms with Crippen molar-refractivity contribution in [1.29, 1.82) is 0 Å². The standard InChI is InChI=1S/C7H18GeO4/c1-5-10-8(9-4,11-6-2)12-7-3/h5-7H2,1-4H3. The van der Waals surface area contributed by atoms with E-state index in [-0.39, 0.29) is 0 Å². The summed E-state index contributed by atoms with van der Waals surface area (Å²) in [6.45, 7) is 7.39. The first-order valence-corrected chi connectivity index (χ1v) is 7.64. The summed E-state index contributed by atoms with van der Waals surface area (Å²) in [5.74, 6) is 0. The van der Waals surface area contributed by atoms with Crippen molar-refractivity contribution in [3.63, 3.8) is 0 Å². The maximum absolute atomic E-state index is 5.38. The van der Waals surface area contributed by atoms with Crippen molar-refractivity contribution in [2.75, 3.05) is 26.9 Å². The van der Waals surface area contributed by atoms with Gasteiger partial charge in [-0.3, -0.25) is 0 Å². The molecule has 5 heteroatoms. The van der Waals surface area contributed by atoms with Crippen LogP contribution in [0.2, 0.25) is 0 Å². The molecular weight excluding hydrogens is 221 g/mol. The zero-order chi connectivity index (χ0) is 9.45. The van der Waals surface area contributed by atoms with Crippen LogP contribution in [0.15, 0.2) is 0 Å². The third-order valence-corrected chi connectivity index (χ3v) is 6.30. The van der Waals surface area contributed by atoms with Crippen LogP contribution < -0.4 is 0 Å². The Hall–Kier alpha value is 0.383. The number of hydrogen-bond donors (Lipinski definition) is 0. The van der Waals surface area contributed by atoms with Crippen LogP contribution in [0.3, 0.4) is 0 Å². The first kappa shape index (κ1) is 12.4. The molecule has 0 unspecified atom stereocenters. The van der Waals surface area contributed by atoms with Crippen molar-refractivity contribution >= 4 is 14.6 Å². The molecule has 4 nitrogen and oxygen atoms in total. The van der Waals surface area contributed by atoms with E-state index in [9.17, 15) is 0 Å². The number of rotatable bonds is 7. The van der Waals surface area contributed by atoms with Crippen molar-refractivity contribution in [2.24, 2.45) is 0 Å². The third kappa shape index (κ3) is 3.86. The molecule has 0 aromatic heterocycles. The molecule has 0 aliphatic heterocycles. The van der Waals surface area contributed by atoms with E-state index in [1.807, 2.05) is 20.8 Å². The molecule has 0 N–H and O–H groups in total. The quantitative estimate of drug-likeness (QED) is 0.625. The topological polar surface area (TPSA) is 36.9 Å². The van der Waals surface area contributed by atoms with Crippen molar-refractivity contribution in [3.05, 3.63) is 0 Å². The van der Waals surface area contributed by atoms with E-state index in [1.165, 1.54) is 0 Å². The Morgan fingerprint density at radius 3 is 1.33 bits per heavy atom. The fourth-order valence-corrected chi connectivity index (χ4v) is 4.32. The zero-order valence-corrected chi connectivity index (χ0v) is 10.4. The maximum atomic E-state index is 5.38. The van der Waals surface area contributed by atoms with E-state index in [1.54, 1.807) is 7.11 Å². The zero-order valence-electron chi connectivity index (χ0n) is 8.25. The van der Waals surface area contributed by atoms with Gasteiger partial charge >= 0.3 is 77.4 Å². The van der Waals surface area contributed by atoms with Crippen LogP contribution in [-0.4, -0.2) is 41.5 Å². The van der Waals surface area contributed by atoms with Gasteiger partial charge in [0.2, 0.25) is 0 Å². The van der Waals surface area contributed by atoms with Crippen LogP contribution in [0.5, 0.6) is 0 Å². The van der Waals surface area contributed by atoms with Crippen LogP contribution >= 0.6 is 0 Å². The van der Waals surface area contributed by atoms with Crippen molar-refractivity contribution in [3.8, 4) is 0 Å². The van der Waals surface area contributed by atoms with Crippen LogP contribution in [0, 0.1) is 0 Å². The average molecular weight is 239 g/mol. The predicted molar refractivity (Wildman–Crippen MR) is 47.6 cm³/mol. The van der Waals surface area contributed by atoms with E-state index >= 15 is 0 Å².